The van der Waals surface area contributed by atoms with Crippen LogP contribution in [0.3, 0.4) is 0 Å². The van der Waals surface area contributed by atoms with E-state index in [9.17, 15) is 0 Å². The Morgan fingerprint density at radius 3 is 2.38 bits per heavy atom. The second-order valence-electron chi connectivity index (χ2n) is 2.89. The van der Waals surface area contributed by atoms with Crippen molar-refractivity contribution >= 4 is 26.6 Å². The quantitative estimate of drug-likeness (QED) is 0.384. The van der Waals surface area contributed by atoms with Gasteiger partial charge in [-0.3, -0.25) is 0 Å². The molecule has 0 aliphatic heterocycles. The Balaban J connectivity index is 2.72. The molecule has 0 saturated carbocycles. The van der Waals surface area contributed by atoms with E-state index in [0.717, 1.165) is 5.92 Å². The first-order chi connectivity index (χ1) is 3.77. The van der Waals surface area contributed by atoms with Crippen molar-refractivity contribution < 1.29 is 0 Å². The van der Waals surface area contributed by atoms with E-state index in [1.807, 2.05) is 0 Å². The number of hydrogen-bond donors (Lipinski definition) is 0. The maximum absolute atomic E-state index is 2.49. The molecule has 3 heteroatoms. The molecule has 0 aromatic heterocycles. The van der Waals surface area contributed by atoms with Crippen LogP contribution in [0.25, 0.3) is 0 Å². The number of rotatable bonds is 4. The van der Waals surface area contributed by atoms with Crippen molar-refractivity contribution in [3.63, 3.8) is 0 Å². The Hall–Kier alpha value is 0.651. The zero-order valence-corrected chi connectivity index (χ0v) is 10.6. The highest BCUT2D eigenvalue weighted by atomic mass is 29.5. The smallest absolute Gasteiger partial charge is 0.00525 e. The van der Waals surface area contributed by atoms with Crippen molar-refractivity contribution in [3.8, 4) is 0 Å². The molecule has 8 heavy (non-hydrogen) atoms. The Kier molecular flexibility index (Phi) is 6.25. The summed E-state index contributed by atoms with van der Waals surface area (Å²) >= 11 is 0. The maximum atomic E-state index is 2.49. The molecule has 0 heterocycles. The summed E-state index contributed by atoms with van der Waals surface area (Å²) in [5, 5.41) is 0. The molecule has 0 atom stereocenters. The van der Waals surface area contributed by atoms with E-state index in [1.54, 1.807) is 6.04 Å². The van der Waals surface area contributed by atoms with Gasteiger partial charge >= 0.3 is 0 Å². The third-order valence-corrected chi connectivity index (χ3v) is 19.9. The van der Waals surface area contributed by atoms with Gasteiger partial charge in [-0.25, -0.2) is 0 Å². The summed E-state index contributed by atoms with van der Waals surface area (Å²) in [6.45, 7) is 7.21. The average Bonchev–Trinajstić information content (AvgIpc) is 1.66. The molecule has 0 N–H and O–H groups in total. The molecule has 0 bridgehead atoms. The predicted octanol–water partition coefficient (Wildman–Crippen LogP) is -0.555. The summed E-state index contributed by atoms with van der Waals surface area (Å²) in [6, 6.07) is 1.65. The molecule has 0 aliphatic rings. The van der Waals surface area contributed by atoms with Crippen LogP contribution < -0.4 is 0 Å². The first-order valence-electron chi connectivity index (χ1n) is 3.77. The minimum atomic E-state index is 0.564. The van der Waals surface area contributed by atoms with Crippen LogP contribution in [0, 0.1) is 5.92 Å². The van der Waals surface area contributed by atoms with E-state index in [2.05, 4.69) is 20.4 Å². The van der Waals surface area contributed by atoms with E-state index in [0.29, 0.717) is 26.6 Å². The van der Waals surface area contributed by atoms with Crippen molar-refractivity contribution in [2.75, 3.05) is 0 Å². The highest BCUT2D eigenvalue weighted by molar-refractivity contribution is 7.29. The SMILES string of the molecule is C[SiH2][SiH2][SiH2]CC(C)C. The largest absolute Gasteiger partial charge is 0.0773 e. The van der Waals surface area contributed by atoms with E-state index in [4.69, 9.17) is 0 Å². The molecule has 0 amide bonds. The van der Waals surface area contributed by atoms with E-state index >= 15 is 0 Å². The van der Waals surface area contributed by atoms with Crippen LogP contribution in [0.4, 0.5) is 0 Å². The third-order valence-electron chi connectivity index (χ3n) is 1.39. The summed E-state index contributed by atoms with van der Waals surface area (Å²) in [5.41, 5.74) is 0. The summed E-state index contributed by atoms with van der Waals surface area (Å²) in [7, 11) is 1.79. The Bertz CT molecular complexity index is 44.9. The fourth-order valence-electron chi connectivity index (χ4n) is 0.803. The van der Waals surface area contributed by atoms with E-state index in [1.165, 1.54) is 0 Å². The molecule has 0 fully saturated rings. The van der Waals surface area contributed by atoms with Gasteiger partial charge in [-0.15, -0.1) is 0 Å². The minimum Gasteiger partial charge on any atom is -0.0773 e. The lowest BCUT2D eigenvalue weighted by Crippen LogP contribution is -2.10. The van der Waals surface area contributed by atoms with Crippen LogP contribution in [0.1, 0.15) is 13.8 Å². The lowest BCUT2D eigenvalue weighted by Gasteiger charge is -1.99. The van der Waals surface area contributed by atoms with E-state index < -0.39 is 0 Å². The van der Waals surface area contributed by atoms with Crippen LogP contribution >= 0.6 is 0 Å². The lowest BCUT2D eigenvalue weighted by molar-refractivity contribution is 0.734. The van der Waals surface area contributed by atoms with Crippen LogP contribution in [0.15, 0.2) is 0 Å². The van der Waals surface area contributed by atoms with Gasteiger partial charge in [0.1, 0.15) is 0 Å². The van der Waals surface area contributed by atoms with Gasteiger partial charge in [-0.1, -0.05) is 32.4 Å². The molecular weight excluding hydrogens is 144 g/mol. The van der Waals surface area contributed by atoms with Crippen molar-refractivity contribution in [3.05, 3.63) is 0 Å². The van der Waals surface area contributed by atoms with Gasteiger partial charge in [0.2, 0.25) is 0 Å². The Morgan fingerprint density at radius 2 is 2.00 bits per heavy atom. The minimum absolute atomic E-state index is 0.564. The van der Waals surface area contributed by atoms with Gasteiger partial charge in [0.05, 0.1) is 0 Å². The van der Waals surface area contributed by atoms with Crippen molar-refractivity contribution in [1.29, 1.82) is 0 Å². The Morgan fingerprint density at radius 1 is 1.38 bits per heavy atom. The summed E-state index contributed by atoms with van der Waals surface area (Å²) in [4.78, 5) is 0. The molecule has 0 spiro atoms. The molecule has 50 valence electrons. The van der Waals surface area contributed by atoms with Gasteiger partial charge in [0.25, 0.3) is 0 Å². The topological polar surface area (TPSA) is 0 Å². The van der Waals surface area contributed by atoms with Crippen LogP contribution in [-0.4, -0.2) is 26.6 Å². The highest BCUT2D eigenvalue weighted by Gasteiger charge is 1.92. The molecule has 0 unspecified atom stereocenters. The summed E-state index contributed by atoms with van der Waals surface area (Å²) in [6.07, 6.45) is 0. The zero-order valence-electron chi connectivity index (χ0n) is 6.41. The predicted molar refractivity (Wildman–Crippen MR) is 51.1 cm³/mol. The van der Waals surface area contributed by atoms with Gasteiger partial charge in [-0.2, -0.15) is 0 Å². The zero-order chi connectivity index (χ0) is 6.41. The van der Waals surface area contributed by atoms with Crippen LogP contribution in [0.2, 0.25) is 12.6 Å². The molecule has 0 aliphatic carbocycles. The van der Waals surface area contributed by atoms with Gasteiger partial charge in [0.15, 0.2) is 0 Å². The van der Waals surface area contributed by atoms with Crippen LogP contribution in [-0.2, 0) is 0 Å². The molecule has 0 radical (unpaired) electrons. The Labute approximate surface area is 59.5 Å². The first-order valence-corrected chi connectivity index (χ1v) is 14.2. The number of hydrogen-bond acceptors (Lipinski definition) is 0. The van der Waals surface area contributed by atoms with Crippen molar-refractivity contribution in [1.82, 2.24) is 0 Å². The molecule has 0 aromatic rings. The normalized spacial score (nSPS) is 15.0. The highest BCUT2D eigenvalue weighted by Crippen LogP contribution is 1.96. The average molecular weight is 162 g/mol. The fraction of sp³-hybridized carbons (Fsp3) is 1.00. The van der Waals surface area contributed by atoms with Crippen LogP contribution in [0.5, 0.6) is 0 Å². The summed E-state index contributed by atoms with van der Waals surface area (Å²) < 4.78 is 0. The second kappa shape index (κ2) is 5.78. The molecule has 0 nitrogen and oxygen atoms in total. The molecule has 0 saturated heterocycles. The second-order valence-corrected chi connectivity index (χ2v) is 19.5. The maximum Gasteiger partial charge on any atom is 0.00525 e. The molecule has 0 aromatic carbocycles. The molecular formula is C5H18Si3. The monoisotopic (exact) mass is 162 g/mol. The van der Waals surface area contributed by atoms with Gasteiger partial charge in [0, 0.05) is 18.1 Å². The van der Waals surface area contributed by atoms with Gasteiger partial charge < -0.3 is 0 Å². The lowest BCUT2D eigenvalue weighted by atomic mass is 10.3. The van der Waals surface area contributed by atoms with Crippen molar-refractivity contribution in [2.45, 2.75) is 26.4 Å². The van der Waals surface area contributed by atoms with E-state index in [-0.39, 0.29) is 0 Å². The van der Waals surface area contributed by atoms with Gasteiger partial charge in [-0.05, 0) is 8.55 Å². The summed E-state index contributed by atoms with van der Waals surface area (Å²) in [5.74, 6) is 1.02. The third kappa shape index (κ3) is 6.65. The fourth-order valence-corrected chi connectivity index (χ4v) is 14.3. The molecule has 0 rings (SSSR count). The van der Waals surface area contributed by atoms with Crippen molar-refractivity contribution in [2.24, 2.45) is 5.92 Å². The first kappa shape index (κ1) is 8.65. The standard InChI is InChI=1S/C5H18Si3/c1-5(2)4-7-8-6-3/h5H,4,6-8H2,1-3H3.